The lowest BCUT2D eigenvalue weighted by atomic mass is 9.86. The maximum Gasteiger partial charge on any atom is 0.263 e. The molecule has 2 aromatic rings. The second kappa shape index (κ2) is 9.28. The van der Waals surface area contributed by atoms with Gasteiger partial charge in [0.1, 0.15) is 23.9 Å². The average Bonchev–Trinajstić information content (AvgIpc) is 2.74. The molecule has 1 N–H and O–H groups in total. The third kappa shape index (κ3) is 5.64. The summed E-state index contributed by atoms with van der Waals surface area (Å²) in [7, 11) is -2.02. The number of nitrogens with one attached hydrogen (secondary N) is 1. The second-order valence-electron chi connectivity index (χ2n) is 8.65. The molecule has 1 aliphatic rings. The molecule has 0 radical (unpaired) electrons. The number of rotatable bonds is 7. The standard InChI is InChI=1S/C23H30N2O6S/c1-23(2,3)16-9-10-20-19(13-16)25(32(5,27)28)15-21(31-20)22(26)24-11-12-30-18-8-6-7-17(14-18)29-4/h6-10,13-14,21H,11-12,15H2,1-5H3,(H,24,26)/t21-/m0/s1. The molecule has 0 aromatic heterocycles. The van der Waals surface area contributed by atoms with Gasteiger partial charge in [-0.25, -0.2) is 8.42 Å². The monoisotopic (exact) mass is 462 g/mol. The quantitative estimate of drug-likeness (QED) is 0.636. The lowest BCUT2D eigenvalue weighted by Crippen LogP contribution is -2.51. The zero-order valence-corrected chi connectivity index (χ0v) is 19.9. The highest BCUT2D eigenvalue weighted by Crippen LogP contribution is 2.38. The van der Waals surface area contributed by atoms with Crippen molar-refractivity contribution in [3.8, 4) is 17.2 Å². The molecular formula is C23H30N2O6S. The third-order valence-corrected chi connectivity index (χ3v) is 6.24. The average molecular weight is 463 g/mol. The largest absolute Gasteiger partial charge is 0.497 e. The molecule has 3 rings (SSSR count). The molecule has 0 saturated heterocycles. The van der Waals surface area contributed by atoms with Crippen molar-refractivity contribution in [1.29, 1.82) is 0 Å². The van der Waals surface area contributed by atoms with Crippen LogP contribution in [0.15, 0.2) is 42.5 Å². The SMILES string of the molecule is COc1cccc(OCCNC(=O)[C@@H]2CN(S(C)(=O)=O)c3cc(C(C)(C)C)ccc3O2)c1. The lowest BCUT2D eigenvalue weighted by molar-refractivity contribution is -0.127. The summed E-state index contributed by atoms with van der Waals surface area (Å²) in [4.78, 5) is 12.7. The molecule has 1 atom stereocenters. The van der Waals surface area contributed by atoms with Crippen LogP contribution in [-0.4, -0.2) is 53.5 Å². The van der Waals surface area contributed by atoms with E-state index in [-0.39, 0.29) is 25.1 Å². The van der Waals surface area contributed by atoms with Crippen LogP contribution in [0.25, 0.3) is 0 Å². The van der Waals surface area contributed by atoms with Gasteiger partial charge in [-0.1, -0.05) is 32.9 Å². The molecule has 8 nitrogen and oxygen atoms in total. The zero-order valence-electron chi connectivity index (χ0n) is 19.0. The first-order chi connectivity index (χ1) is 15.0. The van der Waals surface area contributed by atoms with Gasteiger partial charge in [-0.05, 0) is 35.2 Å². The lowest BCUT2D eigenvalue weighted by Gasteiger charge is -2.35. The van der Waals surface area contributed by atoms with E-state index in [9.17, 15) is 13.2 Å². The van der Waals surface area contributed by atoms with Crippen molar-refractivity contribution >= 4 is 21.6 Å². The first-order valence-corrected chi connectivity index (χ1v) is 12.2. The molecule has 174 valence electrons. The van der Waals surface area contributed by atoms with E-state index in [0.29, 0.717) is 22.9 Å². The topological polar surface area (TPSA) is 94.2 Å². The van der Waals surface area contributed by atoms with Crippen molar-refractivity contribution < 1.29 is 27.4 Å². The Morgan fingerprint density at radius 3 is 2.56 bits per heavy atom. The predicted molar refractivity (Wildman–Crippen MR) is 123 cm³/mol. The fourth-order valence-electron chi connectivity index (χ4n) is 3.32. The highest BCUT2D eigenvalue weighted by atomic mass is 32.2. The van der Waals surface area contributed by atoms with Crippen LogP contribution in [0.5, 0.6) is 17.2 Å². The molecule has 0 saturated carbocycles. The van der Waals surface area contributed by atoms with Crippen molar-refractivity contribution in [1.82, 2.24) is 5.32 Å². The number of nitrogens with zero attached hydrogens (tertiary/aromatic N) is 1. The van der Waals surface area contributed by atoms with Gasteiger partial charge < -0.3 is 19.5 Å². The van der Waals surface area contributed by atoms with Gasteiger partial charge in [-0.15, -0.1) is 0 Å². The van der Waals surface area contributed by atoms with Crippen LogP contribution in [0.1, 0.15) is 26.3 Å². The van der Waals surface area contributed by atoms with Gasteiger partial charge in [0.25, 0.3) is 5.91 Å². The molecular weight excluding hydrogens is 432 g/mol. The van der Waals surface area contributed by atoms with Gasteiger partial charge in [-0.2, -0.15) is 0 Å². The first-order valence-electron chi connectivity index (χ1n) is 10.3. The summed E-state index contributed by atoms with van der Waals surface area (Å²) in [5.74, 6) is 1.26. The van der Waals surface area contributed by atoms with E-state index >= 15 is 0 Å². The fraction of sp³-hybridized carbons (Fsp3) is 0.435. The predicted octanol–water partition coefficient (Wildman–Crippen LogP) is 2.71. The number of benzene rings is 2. The molecule has 1 heterocycles. The maximum absolute atomic E-state index is 12.7. The minimum Gasteiger partial charge on any atom is -0.497 e. The number of sulfonamides is 1. The zero-order chi connectivity index (χ0) is 23.5. The summed E-state index contributed by atoms with van der Waals surface area (Å²) in [5.41, 5.74) is 1.27. The molecule has 1 aliphatic heterocycles. The van der Waals surface area contributed by atoms with E-state index in [1.165, 1.54) is 4.31 Å². The first kappa shape index (κ1) is 23.7. The molecule has 0 spiro atoms. The van der Waals surface area contributed by atoms with Crippen LogP contribution in [0, 0.1) is 0 Å². The summed E-state index contributed by atoms with van der Waals surface area (Å²) >= 11 is 0. The van der Waals surface area contributed by atoms with E-state index in [2.05, 4.69) is 5.32 Å². The number of carbonyl (C=O) groups excluding carboxylic acids is 1. The van der Waals surface area contributed by atoms with Gasteiger partial charge in [0.15, 0.2) is 6.10 Å². The van der Waals surface area contributed by atoms with E-state index < -0.39 is 22.0 Å². The second-order valence-corrected chi connectivity index (χ2v) is 10.6. The summed E-state index contributed by atoms with van der Waals surface area (Å²) in [5, 5.41) is 2.75. The highest BCUT2D eigenvalue weighted by Gasteiger charge is 2.35. The number of ether oxygens (including phenoxy) is 3. The summed E-state index contributed by atoms with van der Waals surface area (Å²) in [6, 6.07) is 12.6. The van der Waals surface area contributed by atoms with Crippen molar-refractivity contribution in [2.75, 3.05) is 37.4 Å². The van der Waals surface area contributed by atoms with Gasteiger partial charge in [0.05, 0.1) is 32.1 Å². The van der Waals surface area contributed by atoms with Crippen LogP contribution in [0.4, 0.5) is 5.69 Å². The molecule has 1 amide bonds. The Balaban J connectivity index is 1.66. The normalized spacial score (nSPS) is 16.0. The van der Waals surface area contributed by atoms with Crippen molar-refractivity contribution in [3.05, 3.63) is 48.0 Å². The third-order valence-electron chi connectivity index (χ3n) is 5.10. The number of methoxy groups -OCH3 is 1. The van der Waals surface area contributed by atoms with Gasteiger partial charge >= 0.3 is 0 Å². The summed E-state index contributed by atoms with van der Waals surface area (Å²) in [6.07, 6.45) is 0.164. The molecule has 0 bridgehead atoms. The molecule has 0 fully saturated rings. The van der Waals surface area contributed by atoms with Gasteiger partial charge in [0, 0.05) is 6.07 Å². The molecule has 2 aromatic carbocycles. The molecule has 0 aliphatic carbocycles. The molecule has 32 heavy (non-hydrogen) atoms. The van der Waals surface area contributed by atoms with Crippen molar-refractivity contribution in [2.45, 2.75) is 32.3 Å². The number of anilines is 1. The Hall–Kier alpha value is -2.94. The fourth-order valence-corrected chi connectivity index (χ4v) is 4.22. The van der Waals surface area contributed by atoms with Gasteiger partial charge in [0.2, 0.25) is 10.0 Å². The Kier molecular flexibility index (Phi) is 6.88. The van der Waals surface area contributed by atoms with E-state index in [0.717, 1.165) is 11.8 Å². The Morgan fingerprint density at radius 1 is 1.19 bits per heavy atom. The number of hydrogen-bond acceptors (Lipinski definition) is 6. The number of carbonyl (C=O) groups is 1. The summed E-state index contributed by atoms with van der Waals surface area (Å²) < 4.78 is 42.8. The smallest absolute Gasteiger partial charge is 0.263 e. The minimum absolute atomic E-state index is 0.0952. The van der Waals surface area contributed by atoms with Crippen LogP contribution >= 0.6 is 0 Å². The highest BCUT2D eigenvalue weighted by molar-refractivity contribution is 7.92. The van der Waals surface area contributed by atoms with Crippen LogP contribution in [-0.2, 0) is 20.2 Å². The molecule has 9 heteroatoms. The number of hydrogen-bond donors (Lipinski definition) is 1. The Morgan fingerprint density at radius 2 is 1.91 bits per heavy atom. The maximum atomic E-state index is 12.7. The number of amides is 1. The Labute approximate surface area is 189 Å². The Bertz CT molecular complexity index is 1080. The number of fused-ring (bicyclic) bond motifs is 1. The van der Waals surface area contributed by atoms with E-state index in [4.69, 9.17) is 14.2 Å². The van der Waals surface area contributed by atoms with Crippen LogP contribution in [0.3, 0.4) is 0 Å². The van der Waals surface area contributed by atoms with E-state index in [1.54, 1.807) is 25.3 Å². The van der Waals surface area contributed by atoms with Crippen molar-refractivity contribution in [2.24, 2.45) is 0 Å². The van der Waals surface area contributed by atoms with Crippen LogP contribution < -0.4 is 23.8 Å². The van der Waals surface area contributed by atoms with E-state index in [1.807, 2.05) is 45.0 Å². The molecule has 0 unspecified atom stereocenters. The van der Waals surface area contributed by atoms with Crippen molar-refractivity contribution in [3.63, 3.8) is 0 Å². The summed E-state index contributed by atoms with van der Waals surface area (Å²) in [6.45, 7) is 6.53. The minimum atomic E-state index is -3.60. The van der Waals surface area contributed by atoms with Crippen LogP contribution in [0.2, 0.25) is 0 Å². The van der Waals surface area contributed by atoms with Gasteiger partial charge in [-0.3, -0.25) is 9.10 Å².